The summed E-state index contributed by atoms with van der Waals surface area (Å²) in [6.07, 6.45) is 1.62. The molecule has 19 heavy (non-hydrogen) atoms. The van der Waals surface area contributed by atoms with Gasteiger partial charge in [-0.1, -0.05) is 29.8 Å². The number of benzene rings is 1. The normalized spacial score (nSPS) is 10.8. The molecule has 0 aliphatic carbocycles. The summed E-state index contributed by atoms with van der Waals surface area (Å²) in [4.78, 5) is 8.67. The van der Waals surface area contributed by atoms with Crippen molar-refractivity contribution >= 4 is 27.4 Å². The van der Waals surface area contributed by atoms with Gasteiger partial charge in [0.2, 0.25) is 0 Å². The molecule has 0 saturated carbocycles. The second kappa shape index (κ2) is 4.97. The van der Waals surface area contributed by atoms with Crippen LogP contribution in [0.3, 0.4) is 0 Å². The van der Waals surface area contributed by atoms with Gasteiger partial charge in [0.15, 0.2) is 0 Å². The first-order chi connectivity index (χ1) is 9.24. The summed E-state index contributed by atoms with van der Waals surface area (Å²) in [7, 11) is 0. The van der Waals surface area contributed by atoms with Gasteiger partial charge in [-0.05, 0) is 30.4 Å². The van der Waals surface area contributed by atoms with Crippen LogP contribution in [0.4, 0.5) is 5.82 Å². The predicted octanol–water partition coefficient (Wildman–Crippen LogP) is 3.92. The highest BCUT2D eigenvalue weighted by Gasteiger charge is 2.07. The summed E-state index contributed by atoms with van der Waals surface area (Å²) < 4.78 is 1.13. The minimum absolute atomic E-state index is 0.781. The van der Waals surface area contributed by atoms with Crippen LogP contribution in [0.15, 0.2) is 36.0 Å². The molecule has 0 atom stereocenters. The van der Waals surface area contributed by atoms with Crippen LogP contribution < -0.4 is 5.32 Å². The third-order valence-electron chi connectivity index (χ3n) is 3.11. The van der Waals surface area contributed by atoms with Gasteiger partial charge < -0.3 is 5.32 Å². The van der Waals surface area contributed by atoms with Crippen molar-refractivity contribution in [3.8, 4) is 0 Å². The number of hydrogen-bond donors (Lipinski definition) is 1. The first-order valence-corrected chi connectivity index (χ1v) is 7.10. The Bertz CT molecular complexity index is 701. The van der Waals surface area contributed by atoms with Gasteiger partial charge in [0.1, 0.15) is 12.1 Å². The molecule has 96 valence electrons. The van der Waals surface area contributed by atoms with Gasteiger partial charge in [-0.25, -0.2) is 9.97 Å². The number of thiophene rings is 1. The maximum Gasteiger partial charge on any atom is 0.147 e. The van der Waals surface area contributed by atoms with E-state index in [1.165, 1.54) is 16.7 Å². The van der Waals surface area contributed by atoms with E-state index in [4.69, 9.17) is 0 Å². The number of anilines is 1. The van der Waals surface area contributed by atoms with Crippen molar-refractivity contribution in [2.45, 2.75) is 20.4 Å². The van der Waals surface area contributed by atoms with E-state index in [2.05, 4.69) is 58.8 Å². The minimum Gasteiger partial charge on any atom is -0.365 e. The Morgan fingerprint density at radius 3 is 2.68 bits per heavy atom. The average Bonchev–Trinajstić information content (AvgIpc) is 2.81. The Morgan fingerprint density at radius 1 is 1.11 bits per heavy atom. The summed E-state index contributed by atoms with van der Waals surface area (Å²) >= 11 is 1.69. The van der Waals surface area contributed by atoms with E-state index in [1.54, 1.807) is 17.7 Å². The zero-order valence-electron chi connectivity index (χ0n) is 11.0. The third kappa shape index (κ3) is 2.44. The summed E-state index contributed by atoms with van der Waals surface area (Å²) in [6, 6.07) is 8.53. The molecule has 0 saturated heterocycles. The second-order valence-corrected chi connectivity index (χ2v) is 5.54. The maximum absolute atomic E-state index is 4.34. The van der Waals surface area contributed by atoms with Crippen molar-refractivity contribution in [1.82, 2.24) is 9.97 Å². The molecule has 0 aliphatic heterocycles. The third-order valence-corrected chi connectivity index (χ3v) is 4.21. The number of aromatic nitrogens is 2. The van der Waals surface area contributed by atoms with E-state index in [0.717, 1.165) is 22.6 Å². The molecule has 0 radical (unpaired) electrons. The molecule has 0 bridgehead atoms. The number of nitrogens with zero attached hydrogens (tertiary/aromatic N) is 2. The Kier molecular flexibility index (Phi) is 3.17. The number of aryl methyl sites for hydroxylation is 2. The summed E-state index contributed by atoms with van der Waals surface area (Å²) in [5, 5.41) is 5.52. The van der Waals surface area contributed by atoms with Gasteiger partial charge in [-0.3, -0.25) is 0 Å². The van der Waals surface area contributed by atoms with Gasteiger partial charge in [0.25, 0.3) is 0 Å². The van der Waals surface area contributed by atoms with Crippen molar-refractivity contribution in [3.63, 3.8) is 0 Å². The zero-order chi connectivity index (χ0) is 13.2. The van der Waals surface area contributed by atoms with Crippen LogP contribution in [-0.4, -0.2) is 9.97 Å². The molecule has 1 aromatic carbocycles. The molecule has 3 nitrogen and oxygen atoms in total. The van der Waals surface area contributed by atoms with Crippen molar-refractivity contribution in [3.05, 3.63) is 52.7 Å². The lowest BCUT2D eigenvalue weighted by Gasteiger charge is -2.06. The molecule has 0 fully saturated rings. The van der Waals surface area contributed by atoms with Crippen LogP contribution in [0.25, 0.3) is 10.2 Å². The van der Waals surface area contributed by atoms with E-state index in [1.807, 2.05) is 0 Å². The predicted molar refractivity (Wildman–Crippen MR) is 80.7 cm³/mol. The molecule has 1 N–H and O–H groups in total. The molecule has 3 rings (SSSR count). The monoisotopic (exact) mass is 269 g/mol. The van der Waals surface area contributed by atoms with Crippen LogP contribution >= 0.6 is 11.3 Å². The number of fused-ring (bicyclic) bond motifs is 1. The van der Waals surface area contributed by atoms with E-state index < -0.39 is 0 Å². The van der Waals surface area contributed by atoms with Crippen LogP contribution in [-0.2, 0) is 6.54 Å². The quantitative estimate of drug-likeness (QED) is 0.783. The molecular weight excluding hydrogens is 254 g/mol. The van der Waals surface area contributed by atoms with Crippen LogP contribution in [0.1, 0.15) is 16.7 Å². The Hall–Kier alpha value is -1.94. The first kappa shape index (κ1) is 12.1. The highest BCUT2D eigenvalue weighted by Crippen LogP contribution is 2.28. The summed E-state index contributed by atoms with van der Waals surface area (Å²) in [6.45, 7) is 4.96. The Labute approximate surface area is 116 Å². The molecule has 2 aromatic heterocycles. The van der Waals surface area contributed by atoms with Crippen molar-refractivity contribution in [1.29, 1.82) is 0 Å². The van der Waals surface area contributed by atoms with Crippen LogP contribution in [0, 0.1) is 13.8 Å². The molecule has 4 heteroatoms. The average molecular weight is 269 g/mol. The molecule has 0 aliphatic rings. The lowest BCUT2D eigenvalue weighted by Crippen LogP contribution is -2.01. The molecule has 3 aromatic rings. The van der Waals surface area contributed by atoms with Crippen molar-refractivity contribution in [2.75, 3.05) is 5.32 Å². The van der Waals surface area contributed by atoms with Crippen LogP contribution in [0.5, 0.6) is 0 Å². The number of hydrogen-bond acceptors (Lipinski definition) is 4. The highest BCUT2D eigenvalue weighted by molar-refractivity contribution is 7.18. The van der Waals surface area contributed by atoms with E-state index in [0.29, 0.717) is 0 Å². The minimum atomic E-state index is 0.781. The Morgan fingerprint density at radius 2 is 1.89 bits per heavy atom. The largest absolute Gasteiger partial charge is 0.365 e. The molecular formula is C15H15N3S. The SMILES string of the molecule is Cc1ccc(CNc2ncnc3c(C)csc23)cc1. The fourth-order valence-electron chi connectivity index (χ4n) is 1.99. The fourth-order valence-corrected chi connectivity index (χ4v) is 2.96. The molecule has 2 heterocycles. The second-order valence-electron chi connectivity index (χ2n) is 4.66. The maximum atomic E-state index is 4.34. The molecule has 0 spiro atoms. The van der Waals surface area contributed by atoms with Crippen molar-refractivity contribution in [2.24, 2.45) is 0 Å². The number of nitrogens with one attached hydrogen (secondary N) is 1. The lowest BCUT2D eigenvalue weighted by atomic mass is 10.1. The van der Waals surface area contributed by atoms with Crippen LogP contribution in [0.2, 0.25) is 0 Å². The van der Waals surface area contributed by atoms with Gasteiger partial charge in [0.05, 0.1) is 10.2 Å². The highest BCUT2D eigenvalue weighted by atomic mass is 32.1. The first-order valence-electron chi connectivity index (χ1n) is 6.22. The Balaban J connectivity index is 1.83. The topological polar surface area (TPSA) is 37.8 Å². The lowest BCUT2D eigenvalue weighted by molar-refractivity contribution is 1.10. The zero-order valence-corrected chi connectivity index (χ0v) is 11.8. The molecule has 0 unspecified atom stereocenters. The van der Waals surface area contributed by atoms with Gasteiger partial charge in [0, 0.05) is 6.54 Å². The smallest absolute Gasteiger partial charge is 0.147 e. The number of rotatable bonds is 3. The standard InChI is InChI=1S/C15H15N3S/c1-10-3-5-12(6-4-10)7-16-15-14-13(17-9-18-15)11(2)8-19-14/h3-6,8-9H,7H2,1-2H3,(H,16,17,18). The fraction of sp³-hybridized carbons (Fsp3) is 0.200. The van der Waals surface area contributed by atoms with E-state index in [-0.39, 0.29) is 0 Å². The summed E-state index contributed by atoms with van der Waals surface area (Å²) in [5.74, 6) is 0.920. The van der Waals surface area contributed by atoms with Gasteiger partial charge in [-0.2, -0.15) is 0 Å². The van der Waals surface area contributed by atoms with E-state index >= 15 is 0 Å². The van der Waals surface area contributed by atoms with Crippen molar-refractivity contribution < 1.29 is 0 Å². The molecule has 0 amide bonds. The van der Waals surface area contributed by atoms with Gasteiger partial charge in [-0.15, -0.1) is 11.3 Å². The van der Waals surface area contributed by atoms with E-state index in [9.17, 15) is 0 Å². The summed E-state index contributed by atoms with van der Waals surface area (Å²) in [5.41, 5.74) is 4.79. The van der Waals surface area contributed by atoms with Gasteiger partial charge >= 0.3 is 0 Å².